The van der Waals surface area contributed by atoms with Crippen molar-refractivity contribution in [1.29, 1.82) is 0 Å². The molecule has 0 saturated heterocycles. The Balaban J connectivity index is 3.08. The molecule has 1 aromatic rings. The van der Waals surface area contributed by atoms with E-state index in [1.54, 1.807) is 45.9 Å². The second-order valence-electron chi connectivity index (χ2n) is 5.94. The highest BCUT2D eigenvalue weighted by Crippen LogP contribution is 2.19. The number of benzene rings is 1. The Bertz CT molecular complexity index is 663. The molecule has 7 nitrogen and oxygen atoms in total. The van der Waals surface area contributed by atoms with Gasteiger partial charge in [-0.1, -0.05) is 32.0 Å². The van der Waals surface area contributed by atoms with E-state index in [9.17, 15) is 18.0 Å². The molecule has 0 spiro atoms. The minimum atomic E-state index is -3.87. The molecule has 0 heterocycles. The third-order valence-electron chi connectivity index (χ3n) is 3.71. The zero-order valence-corrected chi connectivity index (χ0v) is 16.5. The lowest BCUT2D eigenvalue weighted by Crippen LogP contribution is -2.41. The highest BCUT2D eigenvalue weighted by atomic mass is 32.2. The zero-order chi connectivity index (χ0) is 19.7. The Kier molecular flexibility index (Phi) is 8.74. The Morgan fingerprint density at radius 1 is 0.923 bits per heavy atom. The van der Waals surface area contributed by atoms with Gasteiger partial charge in [0.2, 0.25) is 10.0 Å². The van der Waals surface area contributed by atoms with Gasteiger partial charge < -0.3 is 9.47 Å². The summed E-state index contributed by atoms with van der Waals surface area (Å²) in [6.07, 6.45) is 0. The van der Waals surface area contributed by atoms with Crippen LogP contribution in [0.3, 0.4) is 0 Å². The van der Waals surface area contributed by atoms with Gasteiger partial charge in [0, 0.05) is 13.1 Å². The highest BCUT2D eigenvalue weighted by Gasteiger charge is 2.31. The van der Waals surface area contributed by atoms with Crippen LogP contribution in [0, 0.1) is 11.8 Å². The smallest absolute Gasteiger partial charge is 0.309 e. The van der Waals surface area contributed by atoms with Gasteiger partial charge in [-0.15, -0.1) is 0 Å². The van der Waals surface area contributed by atoms with Crippen molar-refractivity contribution in [3.05, 3.63) is 30.3 Å². The molecular weight excluding hydrogens is 358 g/mol. The van der Waals surface area contributed by atoms with Crippen LogP contribution in [0.5, 0.6) is 0 Å². The summed E-state index contributed by atoms with van der Waals surface area (Å²) < 4.78 is 37.0. The standard InChI is InChI=1S/C18H27NO6S/c1-5-24-17(20)14(3)12-19(13-15(4)18(21)25-6-2)26(22,23)16-10-8-7-9-11-16/h7-11,14-15H,5-6,12-13H2,1-4H3. The molecule has 1 rings (SSSR count). The van der Waals surface area contributed by atoms with Crippen LogP contribution >= 0.6 is 0 Å². The van der Waals surface area contributed by atoms with Crippen LogP contribution in [0.4, 0.5) is 0 Å². The van der Waals surface area contributed by atoms with E-state index in [2.05, 4.69) is 0 Å². The molecule has 0 bridgehead atoms. The molecule has 2 unspecified atom stereocenters. The predicted molar refractivity (Wildman–Crippen MR) is 96.8 cm³/mol. The number of sulfonamides is 1. The topological polar surface area (TPSA) is 90.0 Å². The number of rotatable bonds is 10. The van der Waals surface area contributed by atoms with Crippen LogP contribution in [0.25, 0.3) is 0 Å². The van der Waals surface area contributed by atoms with Gasteiger partial charge in [0.05, 0.1) is 29.9 Å². The summed E-state index contributed by atoms with van der Waals surface area (Å²) >= 11 is 0. The third-order valence-corrected chi connectivity index (χ3v) is 5.56. The van der Waals surface area contributed by atoms with Gasteiger partial charge in [-0.25, -0.2) is 8.42 Å². The zero-order valence-electron chi connectivity index (χ0n) is 15.7. The largest absolute Gasteiger partial charge is 0.466 e. The second kappa shape index (κ2) is 10.3. The summed E-state index contributed by atoms with van der Waals surface area (Å²) in [5.74, 6) is -2.29. The Morgan fingerprint density at radius 3 is 1.73 bits per heavy atom. The number of nitrogens with zero attached hydrogens (tertiary/aromatic N) is 1. The van der Waals surface area contributed by atoms with E-state index in [1.165, 1.54) is 12.1 Å². The van der Waals surface area contributed by atoms with Crippen molar-refractivity contribution in [1.82, 2.24) is 4.31 Å². The average Bonchev–Trinajstić information content (AvgIpc) is 2.62. The van der Waals surface area contributed by atoms with Crippen molar-refractivity contribution in [2.24, 2.45) is 11.8 Å². The predicted octanol–water partition coefficient (Wildman–Crippen LogP) is 2.08. The van der Waals surface area contributed by atoms with Crippen molar-refractivity contribution in [2.45, 2.75) is 32.6 Å². The molecule has 0 saturated carbocycles. The molecule has 0 fully saturated rings. The van der Waals surface area contributed by atoms with E-state index in [1.807, 2.05) is 0 Å². The summed E-state index contributed by atoms with van der Waals surface area (Å²) in [4.78, 5) is 24.0. The highest BCUT2D eigenvalue weighted by molar-refractivity contribution is 7.89. The average molecular weight is 385 g/mol. The molecule has 146 valence electrons. The number of carbonyl (C=O) groups is 2. The molecule has 0 aromatic heterocycles. The third kappa shape index (κ3) is 6.10. The number of hydrogen-bond acceptors (Lipinski definition) is 6. The quantitative estimate of drug-likeness (QED) is 0.573. The van der Waals surface area contributed by atoms with E-state index in [0.717, 1.165) is 4.31 Å². The fourth-order valence-electron chi connectivity index (χ4n) is 2.34. The number of carbonyl (C=O) groups excluding carboxylic acids is 2. The molecule has 2 atom stereocenters. The Hall–Kier alpha value is -1.93. The van der Waals surface area contributed by atoms with Crippen molar-refractivity contribution in [3.63, 3.8) is 0 Å². The maximum Gasteiger partial charge on any atom is 0.309 e. The lowest BCUT2D eigenvalue weighted by Gasteiger charge is -2.26. The van der Waals surface area contributed by atoms with Gasteiger partial charge in [0.15, 0.2) is 0 Å². The summed E-state index contributed by atoms with van der Waals surface area (Å²) in [6.45, 7) is 6.83. The van der Waals surface area contributed by atoms with Gasteiger partial charge in [-0.2, -0.15) is 4.31 Å². The first-order valence-electron chi connectivity index (χ1n) is 8.62. The van der Waals surface area contributed by atoms with E-state index in [-0.39, 0.29) is 31.2 Å². The molecule has 0 amide bonds. The summed E-state index contributed by atoms with van der Waals surface area (Å²) in [7, 11) is -3.87. The molecule has 0 N–H and O–H groups in total. The first-order valence-corrected chi connectivity index (χ1v) is 10.1. The first-order chi connectivity index (χ1) is 12.2. The second-order valence-corrected chi connectivity index (χ2v) is 7.88. The van der Waals surface area contributed by atoms with Crippen LogP contribution in [-0.4, -0.2) is 51.0 Å². The van der Waals surface area contributed by atoms with E-state index in [0.29, 0.717) is 0 Å². The van der Waals surface area contributed by atoms with Gasteiger partial charge in [-0.3, -0.25) is 9.59 Å². The summed E-state index contributed by atoms with van der Waals surface area (Å²) in [6, 6.07) is 7.91. The molecule has 0 aliphatic carbocycles. The Morgan fingerprint density at radius 2 is 1.35 bits per heavy atom. The maximum absolute atomic E-state index is 13.0. The van der Waals surface area contributed by atoms with Crippen LogP contribution in [0.15, 0.2) is 35.2 Å². The van der Waals surface area contributed by atoms with Crippen LogP contribution < -0.4 is 0 Å². The van der Waals surface area contributed by atoms with Gasteiger partial charge in [-0.05, 0) is 26.0 Å². The lowest BCUT2D eigenvalue weighted by atomic mass is 10.1. The van der Waals surface area contributed by atoms with E-state index < -0.39 is 33.8 Å². The van der Waals surface area contributed by atoms with Crippen molar-refractivity contribution >= 4 is 22.0 Å². The van der Waals surface area contributed by atoms with Gasteiger partial charge in [0.25, 0.3) is 0 Å². The number of hydrogen-bond donors (Lipinski definition) is 0. The SMILES string of the molecule is CCOC(=O)C(C)CN(CC(C)C(=O)OCC)S(=O)(=O)c1ccccc1. The van der Waals surface area contributed by atoms with Crippen molar-refractivity contribution in [3.8, 4) is 0 Å². The van der Waals surface area contributed by atoms with Gasteiger partial charge >= 0.3 is 11.9 Å². The molecule has 0 aliphatic heterocycles. The first kappa shape index (κ1) is 22.1. The molecule has 0 radical (unpaired) electrons. The maximum atomic E-state index is 13.0. The van der Waals surface area contributed by atoms with Crippen molar-refractivity contribution in [2.75, 3.05) is 26.3 Å². The normalized spacial score (nSPS) is 13.9. The summed E-state index contributed by atoms with van der Waals surface area (Å²) in [5.41, 5.74) is 0. The molecule has 1 aromatic carbocycles. The lowest BCUT2D eigenvalue weighted by molar-refractivity contribution is -0.148. The fraction of sp³-hybridized carbons (Fsp3) is 0.556. The van der Waals surface area contributed by atoms with E-state index >= 15 is 0 Å². The molecule has 8 heteroatoms. The molecule has 0 aliphatic rings. The molecular formula is C18H27NO6S. The van der Waals surface area contributed by atoms with Crippen molar-refractivity contribution < 1.29 is 27.5 Å². The minimum absolute atomic E-state index is 0.0835. The number of esters is 2. The summed E-state index contributed by atoms with van der Waals surface area (Å²) in [5, 5.41) is 0. The molecule has 26 heavy (non-hydrogen) atoms. The Labute approximate surface area is 155 Å². The van der Waals surface area contributed by atoms with Crippen LogP contribution in [0.1, 0.15) is 27.7 Å². The fourth-order valence-corrected chi connectivity index (χ4v) is 3.98. The van der Waals surface area contributed by atoms with E-state index in [4.69, 9.17) is 9.47 Å². The van der Waals surface area contributed by atoms with Crippen LogP contribution in [0.2, 0.25) is 0 Å². The van der Waals surface area contributed by atoms with Gasteiger partial charge in [0.1, 0.15) is 0 Å². The minimum Gasteiger partial charge on any atom is -0.466 e. The van der Waals surface area contributed by atoms with Crippen LogP contribution in [-0.2, 0) is 29.1 Å². The monoisotopic (exact) mass is 385 g/mol. The number of ether oxygens (including phenoxy) is 2.